The van der Waals surface area contributed by atoms with Crippen molar-refractivity contribution in [2.45, 2.75) is 45.4 Å². The summed E-state index contributed by atoms with van der Waals surface area (Å²) in [4.78, 5) is 0. The molecule has 0 bridgehead atoms. The maximum Gasteiger partial charge on any atom is 0.0880 e. The molecule has 0 aromatic heterocycles. The van der Waals surface area contributed by atoms with Crippen LogP contribution in [0.25, 0.3) is 0 Å². The van der Waals surface area contributed by atoms with E-state index in [9.17, 15) is 0 Å². The summed E-state index contributed by atoms with van der Waals surface area (Å²) >= 11 is 0. The molecule has 0 radical (unpaired) electrons. The first kappa shape index (κ1) is 11.0. The lowest BCUT2D eigenvalue weighted by Crippen LogP contribution is -2.40. The summed E-state index contributed by atoms with van der Waals surface area (Å²) in [5.74, 6) is 0. The van der Waals surface area contributed by atoms with Gasteiger partial charge >= 0.3 is 0 Å². The van der Waals surface area contributed by atoms with Crippen LogP contribution in [0.4, 0.5) is 0 Å². The fourth-order valence-corrected chi connectivity index (χ4v) is 2.20. The van der Waals surface area contributed by atoms with E-state index in [4.69, 9.17) is 9.47 Å². The second-order valence-electron chi connectivity index (χ2n) is 5.26. The normalized spacial score (nSPS) is 24.5. The fraction of sp³-hybridized carbons (Fsp3) is 0.846. The Morgan fingerprint density at radius 3 is 2.60 bits per heavy atom. The first-order chi connectivity index (χ1) is 7.29. The Kier molecular flexibility index (Phi) is 3.68. The standard InChI is InChI=1S/C13H22O2/c1-13(10-15-11-13)7-8-14-9-12-5-3-2-4-6-12/h9H,2-8,10-11H2,1H3. The molecule has 0 N–H and O–H groups in total. The summed E-state index contributed by atoms with van der Waals surface area (Å²) in [5.41, 5.74) is 1.90. The largest absolute Gasteiger partial charge is 0.501 e. The zero-order valence-electron chi connectivity index (χ0n) is 9.76. The number of hydrogen-bond donors (Lipinski definition) is 0. The molecule has 0 aromatic carbocycles. The van der Waals surface area contributed by atoms with Crippen LogP contribution in [0.1, 0.15) is 45.4 Å². The molecule has 2 heteroatoms. The smallest absolute Gasteiger partial charge is 0.0880 e. The molecule has 2 aliphatic rings. The molecule has 1 aliphatic heterocycles. The summed E-state index contributed by atoms with van der Waals surface area (Å²) in [6.07, 6.45) is 9.73. The molecule has 1 saturated heterocycles. The van der Waals surface area contributed by atoms with Crippen molar-refractivity contribution >= 4 is 0 Å². The molecule has 0 unspecified atom stereocenters. The topological polar surface area (TPSA) is 18.5 Å². The molecule has 2 fully saturated rings. The zero-order chi connectivity index (χ0) is 10.6. The minimum absolute atomic E-state index is 0.394. The molecule has 0 spiro atoms. The fourth-order valence-electron chi connectivity index (χ4n) is 2.20. The summed E-state index contributed by atoms with van der Waals surface area (Å²) in [7, 11) is 0. The van der Waals surface area contributed by atoms with Gasteiger partial charge in [0.05, 0.1) is 26.1 Å². The number of rotatable bonds is 4. The monoisotopic (exact) mass is 210 g/mol. The highest BCUT2D eigenvalue weighted by molar-refractivity contribution is 5.00. The van der Waals surface area contributed by atoms with E-state index in [2.05, 4.69) is 6.92 Å². The van der Waals surface area contributed by atoms with Crippen molar-refractivity contribution in [3.05, 3.63) is 11.8 Å². The molecule has 1 heterocycles. The first-order valence-corrected chi connectivity index (χ1v) is 6.16. The van der Waals surface area contributed by atoms with E-state index in [1.54, 1.807) is 0 Å². The maximum absolute atomic E-state index is 5.63. The molecule has 1 saturated carbocycles. The van der Waals surface area contributed by atoms with E-state index in [0.29, 0.717) is 5.41 Å². The van der Waals surface area contributed by atoms with Gasteiger partial charge in [-0.3, -0.25) is 0 Å². The van der Waals surface area contributed by atoms with Crippen molar-refractivity contribution in [3.63, 3.8) is 0 Å². The van der Waals surface area contributed by atoms with Gasteiger partial charge in [0.1, 0.15) is 0 Å². The molecule has 86 valence electrons. The number of hydrogen-bond acceptors (Lipinski definition) is 2. The summed E-state index contributed by atoms with van der Waals surface area (Å²) in [6.45, 7) is 4.94. The zero-order valence-corrected chi connectivity index (χ0v) is 9.76. The van der Waals surface area contributed by atoms with Gasteiger partial charge in [-0.1, -0.05) is 13.3 Å². The van der Waals surface area contributed by atoms with E-state index in [1.807, 2.05) is 6.26 Å². The molecule has 2 nitrogen and oxygen atoms in total. The Balaban J connectivity index is 1.61. The van der Waals surface area contributed by atoms with Gasteiger partial charge in [0, 0.05) is 5.41 Å². The van der Waals surface area contributed by atoms with Crippen molar-refractivity contribution in [2.75, 3.05) is 19.8 Å². The van der Waals surface area contributed by atoms with Crippen molar-refractivity contribution in [1.29, 1.82) is 0 Å². The third kappa shape index (κ3) is 3.23. The molecule has 0 amide bonds. The third-order valence-electron chi connectivity index (χ3n) is 3.47. The van der Waals surface area contributed by atoms with Crippen LogP contribution >= 0.6 is 0 Å². The highest BCUT2D eigenvalue weighted by atomic mass is 16.5. The molecule has 2 rings (SSSR count). The Morgan fingerprint density at radius 2 is 2.00 bits per heavy atom. The molecule has 0 atom stereocenters. The second-order valence-corrected chi connectivity index (χ2v) is 5.26. The Labute approximate surface area is 92.6 Å². The highest BCUT2D eigenvalue weighted by Gasteiger charge is 2.32. The van der Waals surface area contributed by atoms with E-state index in [0.717, 1.165) is 26.2 Å². The van der Waals surface area contributed by atoms with Gasteiger partial charge in [-0.05, 0) is 37.7 Å². The van der Waals surface area contributed by atoms with Crippen LogP contribution in [0.15, 0.2) is 11.8 Å². The van der Waals surface area contributed by atoms with E-state index >= 15 is 0 Å². The van der Waals surface area contributed by atoms with E-state index in [1.165, 1.54) is 37.7 Å². The quantitative estimate of drug-likeness (QED) is 0.523. The average Bonchev–Trinajstić information content (AvgIpc) is 2.23. The minimum atomic E-state index is 0.394. The van der Waals surface area contributed by atoms with E-state index < -0.39 is 0 Å². The van der Waals surface area contributed by atoms with Gasteiger partial charge in [0.25, 0.3) is 0 Å². The molecule has 0 aromatic rings. The summed E-state index contributed by atoms with van der Waals surface area (Å²) in [6, 6.07) is 0. The lowest BCUT2D eigenvalue weighted by atomic mass is 9.85. The van der Waals surface area contributed by atoms with Gasteiger partial charge in [-0.15, -0.1) is 0 Å². The van der Waals surface area contributed by atoms with Crippen LogP contribution in [0, 0.1) is 5.41 Å². The van der Waals surface area contributed by atoms with Gasteiger partial charge in [0.15, 0.2) is 0 Å². The van der Waals surface area contributed by atoms with Crippen LogP contribution in [0.5, 0.6) is 0 Å². The third-order valence-corrected chi connectivity index (χ3v) is 3.47. The van der Waals surface area contributed by atoms with Crippen molar-refractivity contribution in [2.24, 2.45) is 5.41 Å². The van der Waals surface area contributed by atoms with Gasteiger partial charge < -0.3 is 9.47 Å². The SMILES string of the molecule is CC1(CCOC=C2CCCCC2)COC1. The molecule has 15 heavy (non-hydrogen) atoms. The van der Waals surface area contributed by atoms with Gasteiger partial charge in [-0.25, -0.2) is 0 Å². The Bertz CT molecular complexity index is 221. The summed E-state index contributed by atoms with van der Waals surface area (Å²) in [5, 5.41) is 0. The molecular weight excluding hydrogens is 188 g/mol. The molecular formula is C13H22O2. The average molecular weight is 210 g/mol. The second kappa shape index (κ2) is 5.02. The van der Waals surface area contributed by atoms with Gasteiger partial charge in [-0.2, -0.15) is 0 Å². The van der Waals surface area contributed by atoms with Crippen molar-refractivity contribution in [3.8, 4) is 0 Å². The van der Waals surface area contributed by atoms with Gasteiger partial charge in [0.2, 0.25) is 0 Å². The van der Waals surface area contributed by atoms with Crippen LogP contribution < -0.4 is 0 Å². The molecule has 1 aliphatic carbocycles. The number of allylic oxidation sites excluding steroid dienone is 1. The van der Waals surface area contributed by atoms with E-state index in [-0.39, 0.29) is 0 Å². The Morgan fingerprint density at radius 1 is 1.27 bits per heavy atom. The lowest BCUT2D eigenvalue weighted by molar-refractivity contribution is -0.111. The minimum Gasteiger partial charge on any atom is -0.501 e. The summed E-state index contributed by atoms with van der Waals surface area (Å²) < 4.78 is 10.8. The van der Waals surface area contributed by atoms with Crippen LogP contribution in [0.2, 0.25) is 0 Å². The Hall–Kier alpha value is -0.500. The van der Waals surface area contributed by atoms with Crippen molar-refractivity contribution in [1.82, 2.24) is 0 Å². The maximum atomic E-state index is 5.63. The first-order valence-electron chi connectivity index (χ1n) is 6.16. The highest BCUT2D eigenvalue weighted by Crippen LogP contribution is 2.30. The van der Waals surface area contributed by atoms with Crippen LogP contribution in [0.3, 0.4) is 0 Å². The van der Waals surface area contributed by atoms with Crippen molar-refractivity contribution < 1.29 is 9.47 Å². The predicted octanol–water partition coefficient (Wildman–Crippen LogP) is 3.28. The number of ether oxygens (including phenoxy) is 2. The van der Waals surface area contributed by atoms with Crippen LogP contribution in [-0.4, -0.2) is 19.8 Å². The lowest BCUT2D eigenvalue weighted by Gasteiger charge is -2.37. The predicted molar refractivity (Wildman–Crippen MR) is 60.7 cm³/mol. The van der Waals surface area contributed by atoms with Crippen LogP contribution in [-0.2, 0) is 9.47 Å².